The van der Waals surface area contributed by atoms with Crippen LogP contribution in [-0.4, -0.2) is 34.0 Å². The normalized spacial score (nSPS) is 13.2. The maximum Gasteiger partial charge on any atom is 0.243 e. The Hall–Kier alpha value is -1.83. The molecular formula is C17H20F2N2O2S. The number of benzene rings is 2. The van der Waals surface area contributed by atoms with Gasteiger partial charge in [-0.3, -0.25) is 0 Å². The molecule has 0 amide bonds. The highest BCUT2D eigenvalue weighted by Gasteiger charge is 2.23. The first-order valence-electron chi connectivity index (χ1n) is 7.38. The van der Waals surface area contributed by atoms with E-state index in [1.165, 1.54) is 0 Å². The number of nitrogens with zero attached hydrogens (tertiary/aromatic N) is 1. The standard InChI is InChI=1S/C17H20F2N2O2S/c1-12-4-6-13(7-5-12)16(21(2)3)11-20-24(22,23)17-10-14(18)8-9-15(17)19/h4-10,16,20H,11H2,1-3H3. The van der Waals surface area contributed by atoms with E-state index < -0.39 is 26.6 Å². The molecule has 0 heterocycles. The largest absolute Gasteiger partial charge is 0.301 e. The van der Waals surface area contributed by atoms with Crippen molar-refractivity contribution < 1.29 is 17.2 Å². The molecule has 0 aliphatic carbocycles. The molecule has 0 bridgehead atoms. The van der Waals surface area contributed by atoms with Crippen molar-refractivity contribution in [1.29, 1.82) is 0 Å². The molecule has 130 valence electrons. The minimum absolute atomic E-state index is 0.0361. The van der Waals surface area contributed by atoms with Gasteiger partial charge in [-0.1, -0.05) is 29.8 Å². The summed E-state index contributed by atoms with van der Waals surface area (Å²) in [5, 5.41) is 0. The molecule has 2 aromatic rings. The highest BCUT2D eigenvalue weighted by atomic mass is 32.2. The fraction of sp³-hybridized carbons (Fsp3) is 0.294. The van der Waals surface area contributed by atoms with Crippen molar-refractivity contribution in [2.24, 2.45) is 0 Å². The third-order valence-corrected chi connectivity index (χ3v) is 5.17. The fourth-order valence-corrected chi connectivity index (χ4v) is 3.46. The molecule has 24 heavy (non-hydrogen) atoms. The summed E-state index contributed by atoms with van der Waals surface area (Å²) in [5.41, 5.74) is 2.02. The lowest BCUT2D eigenvalue weighted by Crippen LogP contribution is -2.35. The topological polar surface area (TPSA) is 49.4 Å². The summed E-state index contributed by atoms with van der Waals surface area (Å²) in [4.78, 5) is 1.17. The molecule has 0 aliphatic heterocycles. The van der Waals surface area contributed by atoms with E-state index in [0.29, 0.717) is 6.07 Å². The van der Waals surface area contributed by atoms with Crippen molar-refractivity contribution >= 4 is 10.0 Å². The quantitative estimate of drug-likeness (QED) is 0.868. The Morgan fingerprint density at radius 3 is 2.29 bits per heavy atom. The van der Waals surface area contributed by atoms with E-state index in [1.54, 1.807) is 0 Å². The molecule has 0 aromatic heterocycles. The summed E-state index contributed by atoms with van der Waals surface area (Å²) < 4.78 is 53.9. The molecule has 7 heteroatoms. The number of rotatable bonds is 6. The third-order valence-electron chi connectivity index (χ3n) is 3.73. The van der Waals surface area contributed by atoms with Gasteiger partial charge in [0.15, 0.2) is 0 Å². The molecule has 1 atom stereocenters. The number of nitrogens with one attached hydrogen (secondary N) is 1. The van der Waals surface area contributed by atoms with Gasteiger partial charge in [-0.2, -0.15) is 0 Å². The minimum Gasteiger partial charge on any atom is -0.301 e. The van der Waals surface area contributed by atoms with Crippen molar-refractivity contribution in [3.63, 3.8) is 0 Å². The molecule has 0 fully saturated rings. The van der Waals surface area contributed by atoms with Crippen molar-refractivity contribution in [1.82, 2.24) is 9.62 Å². The smallest absolute Gasteiger partial charge is 0.243 e. The van der Waals surface area contributed by atoms with Gasteiger partial charge in [0.2, 0.25) is 10.0 Å². The Labute approximate surface area is 141 Å². The van der Waals surface area contributed by atoms with E-state index >= 15 is 0 Å². The lowest BCUT2D eigenvalue weighted by Gasteiger charge is -2.25. The van der Waals surface area contributed by atoms with Crippen molar-refractivity contribution in [3.8, 4) is 0 Å². The van der Waals surface area contributed by atoms with Crippen LogP contribution in [0, 0.1) is 18.6 Å². The average molecular weight is 354 g/mol. The van der Waals surface area contributed by atoms with Crippen LogP contribution in [-0.2, 0) is 10.0 Å². The van der Waals surface area contributed by atoms with Crippen LogP contribution in [0.25, 0.3) is 0 Å². The van der Waals surface area contributed by atoms with Crippen LogP contribution in [0.4, 0.5) is 8.78 Å². The van der Waals surface area contributed by atoms with Gasteiger partial charge >= 0.3 is 0 Å². The first-order chi connectivity index (χ1) is 11.2. The zero-order valence-corrected chi connectivity index (χ0v) is 14.6. The number of likely N-dealkylation sites (N-methyl/N-ethyl adjacent to an activating group) is 1. The van der Waals surface area contributed by atoms with E-state index in [0.717, 1.165) is 23.3 Å². The van der Waals surface area contributed by atoms with Crippen LogP contribution in [0.1, 0.15) is 17.2 Å². The Balaban J connectivity index is 2.22. The lowest BCUT2D eigenvalue weighted by atomic mass is 10.0. The second-order valence-corrected chi connectivity index (χ2v) is 7.55. The van der Waals surface area contributed by atoms with Crippen LogP contribution in [0.15, 0.2) is 47.4 Å². The van der Waals surface area contributed by atoms with Crippen molar-refractivity contribution in [2.45, 2.75) is 17.9 Å². The monoisotopic (exact) mass is 354 g/mol. The molecule has 2 aromatic carbocycles. The highest BCUT2D eigenvalue weighted by Crippen LogP contribution is 2.20. The Bertz CT molecular complexity index is 806. The zero-order valence-electron chi connectivity index (χ0n) is 13.8. The molecule has 0 saturated heterocycles. The molecule has 2 rings (SSSR count). The first-order valence-corrected chi connectivity index (χ1v) is 8.87. The fourth-order valence-electron chi connectivity index (χ4n) is 2.34. The summed E-state index contributed by atoms with van der Waals surface area (Å²) in [6.07, 6.45) is 0. The van der Waals surface area contributed by atoms with E-state index in [2.05, 4.69) is 4.72 Å². The van der Waals surface area contributed by atoms with Gasteiger partial charge in [-0.25, -0.2) is 21.9 Å². The zero-order chi connectivity index (χ0) is 17.9. The van der Waals surface area contributed by atoms with E-state index in [9.17, 15) is 17.2 Å². The predicted molar refractivity (Wildman–Crippen MR) is 89.2 cm³/mol. The van der Waals surface area contributed by atoms with Crippen LogP contribution >= 0.6 is 0 Å². The summed E-state index contributed by atoms with van der Waals surface area (Å²) in [6.45, 7) is 2.00. The van der Waals surface area contributed by atoms with Gasteiger partial charge in [0.25, 0.3) is 0 Å². The van der Waals surface area contributed by atoms with Crippen molar-refractivity contribution in [3.05, 3.63) is 65.2 Å². The molecule has 1 unspecified atom stereocenters. The number of halogens is 2. The molecule has 4 nitrogen and oxygen atoms in total. The maximum absolute atomic E-state index is 13.7. The maximum atomic E-state index is 13.7. The van der Waals surface area contributed by atoms with Gasteiger partial charge in [0.05, 0.1) is 0 Å². The van der Waals surface area contributed by atoms with Crippen LogP contribution in [0.5, 0.6) is 0 Å². The molecular weight excluding hydrogens is 334 g/mol. The lowest BCUT2D eigenvalue weighted by molar-refractivity contribution is 0.299. The number of aryl methyl sites for hydroxylation is 1. The molecule has 0 spiro atoms. The van der Waals surface area contributed by atoms with E-state index in [1.807, 2.05) is 50.2 Å². The molecule has 0 radical (unpaired) electrons. The molecule has 1 N–H and O–H groups in total. The summed E-state index contributed by atoms with van der Waals surface area (Å²) in [5.74, 6) is -1.79. The van der Waals surface area contributed by atoms with Gasteiger partial charge < -0.3 is 4.90 Å². The molecule has 0 saturated carbocycles. The summed E-state index contributed by atoms with van der Waals surface area (Å²) in [7, 11) is -0.508. The van der Waals surface area contributed by atoms with Gasteiger partial charge in [0, 0.05) is 12.6 Å². The van der Waals surface area contributed by atoms with Gasteiger partial charge in [-0.15, -0.1) is 0 Å². The summed E-state index contributed by atoms with van der Waals surface area (Å²) in [6, 6.07) is 9.81. The van der Waals surface area contributed by atoms with E-state index in [-0.39, 0.29) is 12.6 Å². The average Bonchev–Trinajstić information content (AvgIpc) is 2.51. The van der Waals surface area contributed by atoms with Crippen LogP contribution in [0.3, 0.4) is 0 Å². The third kappa shape index (κ3) is 4.37. The predicted octanol–water partition coefficient (Wildman–Crippen LogP) is 2.85. The SMILES string of the molecule is Cc1ccc(C(CNS(=O)(=O)c2cc(F)ccc2F)N(C)C)cc1. The Morgan fingerprint density at radius 1 is 1.08 bits per heavy atom. The number of sulfonamides is 1. The first kappa shape index (κ1) is 18.5. The van der Waals surface area contributed by atoms with Crippen molar-refractivity contribution in [2.75, 3.05) is 20.6 Å². The Kier molecular flexibility index (Phi) is 5.69. The number of hydrogen-bond acceptors (Lipinski definition) is 3. The van der Waals surface area contributed by atoms with E-state index in [4.69, 9.17) is 0 Å². The summed E-state index contributed by atoms with van der Waals surface area (Å²) >= 11 is 0. The van der Waals surface area contributed by atoms with Crippen LogP contribution in [0.2, 0.25) is 0 Å². The van der Waals surface area contributed by atoms with Gasteiger partial charge in [-0.05, 0) is 44.8 Å². The molecule has 0 aliphatic rings. The number of hydrogen-bond donors (Lipinski definition) is 1. The Morgan fingerprint density at radius 2 is 1.71 bits per heavy atom. The second kappa shape index (κ2) is 7.38. The van der Waals surface area contributed by atoms with Crippen LogP contribution < -0.4 is 4.72 Å². The second-order valence-electron chi connectivity index (χ2n) is 5.82. The minimum atomic E-state index is -4.15. The highest BCUT2D eigenvalue weighted by molar-refractivity contribution is 7.89. The van der Waals surface area contributed by atoms with Gasteiger partial charge in [0.1, 0.15) is 16.5 Å².